The van der Waals surface area contributed by atoms with Crippen molar-refractivity contribution in [3.05, 3.63) is 59.9 Å². The van der Waals surface area contributed by atoms with Crippen LogP contribution in [-0.2, 0) is 4.79 Å². The maximum Gasteiger partial charge on any atom is 0.234 e. The van der Waals surface area contributed by atoms with E-state index in [1.165, 1.54) is 0 Å². The van der Waals surface area contributed by atoms with Gasteiger partial charge < -0.3 is 19.2 Å². The molecule has 6 heteroatoms. The molecule has 30 heavy (non-hydrogen) atoms. The first-order valence-electron chi connectivity index (χ1n) is 10.3. The Balaban J connectivity index is 1.43. The lowest BCUT2D eigenvalue weighted by Gasteiger charge is -2.26. The molecule has 1 aliphatic heterocycles. The zero-order valence-electron chi connectivity index (χ0n) is 17.7. The number of carbonyl (C=O) groups excluding carboxylic acids is 1. The number of benzene rings is 2. The van der Waals surface area contributed by atoms with Crippen LogP contribution in [0.5, 0.6) is 11.5 Å². The zero-order valence-corrected chi connectivity index (χ0v) is 17.7. The largest absolute Gasteiger partial charge is 0.497 e. The Kier molecular flexibility index (Phi) is 5.95. The Bertz CT molecular complexity index is 996. The van der Waals surface area contributed by atoms with Gasteiger partial charge in [-0.2, -0.15) is 0 Å². The Morgan fingerprint density at radius 1 is 1.20 bits per heavy atom. The van der Waals surface area contributed by atoms with Gasteiger partial charge in [0, 0.05) is 23.1 Å². The minimum absolute atomic E-state index is 0.0117. The maximum absolute atomic E-state index is 12.8. The van der Waals surface area contributed by atoms with Gasteiger partial charge in [0.1, 0.15) is 22.8 Å². The van der Waals surface area contributed by atoms with E-state index in [0.717, 1.165) is 53.2 Å². The van der Waals surface area contributed by atoms with Crippen molar-refractivity contribution < 1.29 is 18.7 Å². The number of methoxy groups -OCH3 is 2. The number of nitrogens with zero attached hydrogens (tertiary/aromatic N) is 1. The number of fused-ring (bicyclic) bond motifs is 1. The lowest BCUT2D eigenvalue weighted by molar-refractivity contribution is -0.123. The minimum Gasteiger partial charge on any atom is -0.497 e. The fourth-order valence-electron chi connectivity index (χ4n) is 4.22. The fourth-order valence-corrected chi connectivity index (χ4v) is 4.22. The average Bonchev–Trinajstić information content (AvgIpc) is 3.40. The molecule has 1 N–H and O–H groups in total. The number of likely N-dealkylation sites (tertiary alicyclic amines) is 1. The lowest BCUT2D eigenvalue weighted by Crippen LogP contribution is -2.38. The van der Waals surface area contributed by atoms with Gasteiger partial charge in [-0.1, -0.05) is 24.3 Å². The van der Waals surface area contributed by atoms with Gasteiger partial charge in [0.2, 0.25) is 5.91 Å². The molecule has 4 rings (SSSR count). The summed E-state index contributed by atoms with van der Waals surface area (Å²) in [5, 5.41) is 4.12. The molecule has 158 valence electrons. The van der Waals surface area contributed by atoms with E-state index >= 15 is 0 Å². The summed E-state index contributed by atoms with van der Waals surface area (Å²) in [6, 6.07) is 15.7. The first-order chi connectivity index (χ1) is 14.6. The van der Waals surface area contributed by atoms with Crippen LogP contribution in [0.4, 0.5) is 0 Å². The molecule has 0 spiro atoms. The molecule has 3 aromatic rings. The second kappa shape index (κ2) is 8.79. The molecule has 6 nitrogen and oxygen atoms in total. The van der Waals surface area contributed by atoms with Crippen molar-refractivity contribution in [1.29, 1.82) is 0 Å². The summed E-state index contributed by atoms with van der Waals surface area (Å²) < 4.78 is 16.8. The van der Waals surface area contributed by atoms with E-state index in [2.05, 4.69) is 10.2 Å². The van der Waals surface area contributed by atoms with Crippen LogP contribution in [0.1, 0.15) is 43.2 Å². The Morgan fingerprint density at radius 2 is 2.03 bits per heavy atom. The molecule has 1 aliphatic rings. The Morgan fingerprint density at radius 3 is 2.80 bits per heavy atom. The van der Waals surface area contributed by atoms with Crippen LogP contribution in [0.2, 0.25) is 0 Å². The van der Waals surface area contributed by atoms with E-state index < -0.39 is 0 Å². The van der Waals surface area contributed by atoms with Gasteiger partial charge in [-0.05, 0) is 44.5 Å². The van der Waals surface area contributed by atoms with E-state index in [1.54, 1.807) is 14.2 Å². The van der Waals surface area contributed by atoms with Crippen LogP contribution in [0.3, 0.4) is 0 Å². The van der Waals surface area contributed by atoms with Gasteiger partial charge in [-0.3, -0.25) is 9.69 Å². The minimum atomic E-state index is -0.193. The molecule has 1 saturated heterocycles. The van der Waals surface area contributed by atoms with Gasteiger partial charge in [-0.15, -0.1) is 0 Å². The molecule has 0 aliphatic carbocycles. The zero-order chi connectivity index (χ0) is 21.1. The number of rotatable bonds is 7. The van der Waals surface area contributed by atoms with Crippen LogP contribution in [-0.4, -0.2) is 38.1 Å². The maximum atomic E-state index is 12.8. The highest BCUT2D eigenvalue weighted by Gasteiger charge is 2.30. The molecule has 2 atom stereocenters. The second-order valence-electron chi connectivity index (χ2n) is 7.71. The molecule has 2 heterocycles. The average molecular weight is 408 g/mol. The predicted octanol–water partition coefficient (Wildman–Crippen LogP) is 4.46. The smallest absolute Gasteiger partial charge is 0.234 e. The van der Waals surface area contributed by atoms with E-state index in [4.69, 9.17) is 13.9 Å². The number of hydrogen-bond acceptors (Lipinski definition) is 5. The van der Waals surface area contributed by atoms with Crippen LogP contribution < -0.4 is 14.8 Å². The van der Waals surface area contributed by atoms with Gasteiger partial charge in [-0.25, -0.2) is 0 Å². The van der Waals surface area contributed by atoms with Gasteiger partial charge in [0.15, 0.2) is 0 Å². The third-order valence-corrected chi connectivity index (χ3v) is 5.76. The molecule has 0 saturated carbocycles. The highest BCUT2D eigenvalue weighted by molar-refractivity contribution is 5.80. The van der Waals surface area contributed by atoms with Crippen LogP contribution in [0.25, 0.3) is 11.0 Å². The summed E-state index contributed by atoms with van der Waals surface area (Å²) in [6.45, 7) is 3.17. The molecular weight excluding hydrogens is 380 g/mol. The van der Waals surface area contributed by atoms with E-state index in [1.807, 2.05) is 55.5 Å². The monoisotopic (exact) mass is 408 g/mol. The lowest BCUT2D eigenvalue weighted by atomic mass is 10.0. The van der Waals surface area contributed by atoms with Crippen molar-refractivity contribution in [3.63, 3.8) is 0 Å². The second-order valence-corrected chi connectivity index (χ2v) is 7.71. The van der Waals surface area contributed by atoms with Crippen molar-refractivity contribution >= 4 is 16.9 Å². The number of carbonyl (C=O) groups is 1. The summed E-state index contributed by atoms with van der Waals surface area (Å²) in [5.41, 5.74) is 1.92. The SMILES string of the molecule is COc1ccc([C@H]2CCCN2CC(=O)N[C@H](C)c2cc3ccccc3o2)c(OC)c1. The molecule has 1 fully saturated rings. The first kappa shape index (κ1) is 20.3. The van der Waals surface area contributed by atoms with E-state index in [-0.39, 0.29) is 18.0 Å². The molecule has 0 bridgehead atoms. The standard InChI is InChI=1S/C24H28N2O4/c1-16(22-13-17-7-4-5-9-21(17)30-22)25-24(27)15-26-12-6-8-20(26)19-11-10-18(28-2)14-23(19)29-3/h4-5,7,9-11,13-14,16,20H,6,8,12,15H2,1-3H3,(H,25,27)/t16-,20-/m1/s1. The van der Waals surface area contributed by atoms with Crippen LogP contribution in [0, 0.1) is 0 Å². The van der Waals surface area contributed by atoms with Gasteiger partial charge >= 0.3 is 0 Å². The van der Waals surface area contributed by atoms with Crippen molar-refractivity contribution in [3.8, 4) is 11.5 Å². The molecular formula is C24H28N2O4. The molecule has 1 aromatic heterocycles. The van der Waals surface area contributed by atoms with Crippen molar-refractivity contribution in [1.82, 2.24) is 10.2 Å². The quantitative estimate of drug-likeness (QED) is 0.625. The number of furan rings is 1. The molecule has 0 unspecified atom stereocenters. The van der Waals surface area contributed by atoms with Crippen LogP contribution in [0.15, 0.2) is 52.9 Å². The van der Waals surface area contributed by atoms with E-state index in [9.17, 15) is 4.79 Å². The third kappa shape index (κ3) is 4.14. The fraction of sp³-hybridized carbons (Fsp3) is 0.375. The van der Waals surface area contributed by atoms with E-state index in [0.29, 0.717) is 6.54 Å². The van der Waals surface area contributed by atoms with Gasteiger partial charge in [0.25, 0.3) is 0 Å². The normalized spacial score (nSPS) is 17.8. The topological polar surface area (TPSA) is 63.9 Å². The molecule has 2 aromatic carbocycles. The highest BCUT2D eigenvalue weighted by Crippen LogP contribution is 2.38. The Labute approximate surface area is 176 Å². The highest BCUT2D eigenvalue weighted by atomic mass is 16.5. The number of amides is 1. The van der Waals surface area contributed by atoms with Crippen molar-refractivity contribution in [2.45, 2.75) is 31.8 Å². The number of nitrogens with one attached hydrogen (secondary N) is 1. The van der Waals surface area contributed by atoms with Gasteiger partial charge in [0.05, 0.1) is 26.8 Å². The predicted molar refractivity (Wildman–Crippen MR) is 116 cm³/mol. The summed E-state index contributed by atoms with van der Waals surface area (Å²) >= 11 is 0. The van der Waals surface area contributed by atoms with Crippen molar-refractivity contribution in [2.24, 2.45) is 0 Å². The summed E-state index contributed by atoms with van der Waals surface area (Å²) in [4.78, 5) is 15.0. The number of para-hydroxylation sites is 1. The summed E-state index contributed by atoms with van der Waals surface area (Å²) in [5.74, 6) is 2.31. The molecule has 0 radical (unpaired) electrons. The molecule has 1 amide bonds. The Hall–Kier alpha value is -2.99. The van der Waals surface area contributed by atoms with Crippen molar-refractivity contribution in [2.75, 3.05) is 27.3 Å². The summed E-state index contributed by atoms with van der Waals surface area (Å²) in [7, 11) is 3.31. The first-order valence-corrected chi connectivity index (χ1v) is 10.3. The number of ether oxygens (including phenoxy) is 2. The number of hydrogen-bond donors (Lipinski definition) is 1. The summed E-state index contributed by atoms with van der Waals surface area (Å²) in [6.07, 6.45) is 2.04. The van der Waals surface area contributed by atoms with Crippen LogP contribution >= 0.6 is 0 Å². The third-order valence-electron chi connectivity index (χ3n) is 5.76.